The van der Waals surface area contributed by atoms with E-state index in [1.165, 1.54) is 14.2 Å². The molecule has 10 heavy (non-hydrogen) atoms. The lowest BCUT2D eigenvalue weighted by Crippen LogP contribution is -2.32. The van der Waals surface area contributed by atoms with Gasteiger partial charge in [0.2, 0.25) is 0 Å². The molecule has 0 atom stereocenters. The summed E-state index contributed by atoms with van der Waals surface area (Å²) in [5.41, 5.74) is 6.49. The van der Waals surface area contributed by atoms with Crippen LogP contribution in [-0.4, -0.2) is 37.6 Å². The van der Waals surface area contributed by atoms with Crippen LogP contribution in [0.5, 0.6) is 0 Å². The minimum Gasteiger partial charge on any atom is -0.453 e. The molecule has 1 radical (unpaired) electrons. The quantitative estimate of drug-likeness (QED) is 0.525. The molecule has 0 aromatic carbocycles. The second kappa shape index (κ2) is 3.71. The zero-order chi connectivity index (χ0) is 8.15. The van der Waals surface area contributed by atoms with Gasteiger partial charge in [0.1, 0.15) is 6.54 Å². The molecule has 0 saturated heterocycles. The van der Waals surface area contributed by atoms with Crippen molar-refractivity contribution in [1.29, 1.82) is 0 Å². The van der Waals surface area contributed by atoms with Gasteiger partial charge in [-0.1, -0.05) is 0 Å². The molecule has 0 unspecified atom stereocenters. The fourth-order valence-corrected chi connectivity index (χ4v) is 0.436. The normalized spacial score (nSPS) is 8.60. The maximum atomic E-state index is 10.5. The number of likely N-dealkylation sites (N-methyl/N-ethyl adjacent to an activating group) is 1. The first-order valence-corrected chi connectivity index (χ1v) is 2.61. The maximum Gasteiger partial charge on any atom is 0.409 e. The SMILES string of the molecule is COC(=O)N(C)CC([NH])=O. The van der Waals surface area contributed by atoms with Crippen LogP contribution < -0.4 is 5.73 Å². The van der Waals surface area contributed by atoms with Gasteiger partial charge in [-0.3, -0.25) is 10.5 Å². The van der Waals surface area contributed by atoms with Crippen LogP contribution in [0.4, 0.5) is 4.79 Å². The molecule has 0 aromatic heterocycles. The average molecular weight is 145 g/mol. The van der Waals surface area contributed by atoms with E-state index in [4.69, 9.17) is 5.73 Å². The van der Waals surface area contributed by atoms with E-state index in [0.29, 0.717) is 0 Å². The molecule has 0 aliphatic carbocycles. The minimum atomic E-state index is -0.812. The van der Waals surface area contributed by atoms with E-state index in [0.717, 1.165) is 4.90 Å². The van der Waals surface area contributed by atoms with Crippen molar-refractivity contribution in [2.24, 2.45) is 0 Å². The summed E-state index contributed by atoms with van der Waals surface area (Å²) in [5.74, 6) is -0.812. The molecule has 5 heteroatoms. The summed E-state index contributed by atoms with van der Waals surface area (Å²) >= 11 is 0. The Kier molecular flexibility index (Phi) is 3.24. The molecule has 1 N–H and O–H groups in total. The monoisotopic (exact) mass is 145 g/mol. The highest BCUT2D eigenvalue weighted by Gasteiger charge is 2.09. The number of nitrogens with zero attached hydrogens (tertiary/aromatic N) is 1. The number of hydrogen-bond donors (Lipinski definition) is 0. The second-order valence-corrected chi connectivity index (χ2v) is 1.75. The Morgan fingerprint density at radius 3 is 2.40 bits per heavy atom. The summed E-state index contributed by atoms with van der Waals surface area (Å²) in [7, 11) is 2.60. The fourth-order valence-electron chi connectivity index (χ4n) is 0.436. The summed E-state index contributed by atoms with van der Waals surface area (Å²) in [4.78, 5) is 21.6. The van der Waals surface area contributed by atoms with E-state index >= 15 is 0 Å². The summed E-state index contributed by atoms with van der Waals surface area (Å²) < 4.78 is 4.26. The predicted molar refractivity (Wildman–Crippen MR) is 33.1 cm³/mol. The third-order valence-corrected chi connectivity index (χ3v) is 0.867. The predicted octanol–water partition coefficient (Wildman–Crippen LogP) is -0.506. The Morgan fingerprint density at radius 1 is 1.60 bits per heavy atom. The van der Waals surface area contributed by atoms with Gasteiger partial charge in [0, 0.05) is 7.05 Å². The van der Waals surface area contributed by atoms with Crippen LogP contribution in [0, 0.1) is 0 Å². The molecule has 57 valence electrons. The number of carbonyl (C=O) groups excluding carboxylic acids is 2. The van der Waals surface area contributed by atoms with E-state index in [1.54, 1.807) is 0 Å². The van der Waals surface area contributed by atoms with Gasteiger partial charge in [-0.05, 0) is 0 Å². The second-order valence-electron chi connectivity index (χ2n) is 1.75. The molecule has 0 bridgehead atoms. The van der Waals surface area contributed by atoms with Crippen molar-refractivity contribution < 1.29 is 14.3 Å². The average Bonchev–Trinajstić information content (AvgIpc) is 1.85. The van der Waals surface area contributed by atoms with Crippen LogP contribution in [0.15, 0.2) is 0 Å². The van der Waals surface area contributed by atoms with Gasteiger partial charge in [0.05, 0.1) is 7.11 Å². The van der Waals surface area contributed by atoms with Crippen molar-refractivity contribution in [2.75, 3.05) is 20.7 Å². The molecule has 0 aromatic rings. The van der Waals surface area contributed by atoms with Gasteiger partial charge in [0.15, 0.2) is 0 Å². The summed E-state index contributed by atoms with van der Waals surface area (Å²) in [6.45, 7) is -0.229. The third-order valence-electron chi connectivity index (χ3n) is 0.867. The van der Waals surface area contributed by atoms with Crippen molar-refractivity contribution >= 4 is 12.0 Å². The highest BCUT2D eigenvalue weighted by molar-refractivity contribution is 5.79. The van der Waals surface area contributed by atoms with Crippen LogP contribution >= 0.6 is 0 Å². The molecule has 0 rings (SSSR count). The lowest BCUT2D eigenvalue weighted by molar-refractivity contribution is -0.119. The van der Waals surface area contributed by atoms with Gasteiger partial charge in [-0.15, -0.1) is 0 Å². The van der Waals surface area contributed by atoms with Crippen LogP contribution in [0.1, 0.15) is 0 Å². The zero-order valence-electron chi connectivity index (χ0n) is 5.88. The number of rotatable bonds is 2. The van der Waals surface area contributed by atoms with Crippen molar-refractivity contribution in [1.82, 2.24) is 10.6 Å². The van der Waals surface area contributed by atoms with Crippen LogP contribution in [0.25, 0.3) is 0 Å². The number of carbonyl (C=O) groups is 2. The van der Waals surface area contributed by atoms with E-state index in [-0.39, 0.29) is 6.54 Å². The number of amides is 2. The van der Waals surface area contributed by atoms with Gasteiger partial charge in [-0.2, -0.15) is 0 Å². The van der Waals surface area contributed by atoms with Crippen molar-refractivity contribution in [3.63, 3.8) is 0 Å². The molecular formula is C5H9N2O3. The number of methoxy groups -OCH3 is 1. The molecule has 0 saturated carbocycles. The third kappa shape index (κ3) is 2.91. The molecule has 0 aliphatic heterocycles. The number of hydrogen-bond acceptors (Lipinski definition) is 3. The fraction of sp³-hybridized carbons (Fsp3) is 0.600. The Bertz CT molecular complexity index is 146. The molecule has 5 nitrogen and oxygen atoms in total. The van der Waals surface area contributed by atoms with E-state index in [1.807, 2.05) is 0 Å². The minimum absolute atomic E-state index is 0.229. The van der Waals surface area contributed by atoms with Gasteiger partial charge < -0.3 is 9.64 Å². The van der Waals surface area contributed by atoms with Crippen LogP contribution in [0.3, 0.4) is 0 Å². The van der Waals surface area contributed by atoms with Gasteiger partial charge in [0.25, 0.3) is 5.91 Å². The molecular weight excluding hydrogens is 136 g/mol. The van der Waals surface area contributed by atoms with Crippen molar-refractivity contribution in [2.45, 2.75) is 0 Å². The first-order chi connectivity index (χ1) is 4.57. The van der Waals surface area contributed by atoms with Crippen molar-refractivity contribution in [3.05, 3.63) is 0 Å². The topological polar surface area (TPSA) is 70.4 Å². The van der Waals surface area contributed by atoms with E-state index < -0.39 is 12.0 Å². The molecule has 0 fully saturated rings. The van der Waals surface area contributed by atoms with Gasteiger partial charge in [-0.25, -0.2) is 4.79 Å². The maximum absolute atomic E-state index is 10.5. The zero-order valence-corrected chi connectivity index (χ0v) is 5.88. The lowest BCUT2D eigenvalue weighted by atomic mass is 10.6. The molecule has 0 aliphatic rings. The number of ether oxygens (including phenoxy) is 1. The largest absolute Gasteiger partial charge is 0.453 e. The Labute approximate surface area is 58.7 Å². The molecule has 0 heterocycles. The summed E-state index contributed by atoms with van der Waals surface area (Å²) in [6, 6.07) is 0. The van der Waals surface area contributed by atoms with Gasteiger partial charge >= 0.3 is 6.09 Å². The standard InChI is InChI=1S/C5H9N2O3/c1-7(3-4(6)8)5(9)10-2/h6H,3H2,1-2H3. The van der Waals surface area contributed by atoms with Crippen molar-refractivity contribution in [3.8, 4) is 0 Å². The first kappa shape index (κ1) is 8.74. The van der Waals surface area contributed by atoms with E-state index in [9.17, 15) is 9.59 Å². The Balaban J connectivity index is 3.72. The highest BCUT2D eigenvalue weighted by atomic mass is 16.5. The smallest absolute Gasteiger partial charge is 0.409 e. The van der Waals surface area contributed by atoms with Crippen LogP contribution in [-0.2, 0) is 9.53 Å². The van der Waals surface area contributed by atoms with E-state index in [2.05, 4.69) is 4.74 Å². The Morgan fingerprint density at radius 2 is 2.10 bits per heavy atom. The van der Waals surface area contributed by atoms with Crippen LogP contribution in [0.2, 0.25) is 0 Å². The highest BCUT2D eigenvalue weighted by Crippen LogP contribution is 1.85. The first-order valence-electron chi connectivity index (χ1n) is 2.61. The summed E-state index contributed by atoms with van der Waals surface area (Å²) in [5, 5.41) is 0. The lowest BCUT2D eigenvalue weighted by Gasteiger charge is -2.11. The summed E-state index contributed by atoms with van der Waals surface area (Å²) in [6.07, 6.45) is -0.611. The Hall–Kier alpha value is -1.26. The molecule has 0 spiro atoms. The molecule has 2 amide bonds. The number of nitrogens with one attached hydrogen (secondary N) is 1.